The van der Waals surface area contributed by atoms with Gasteiger partial charge in [0.1, 0.15) is 40.5 Å². The fraction of sp³-hybridized carbons (Fsp3) is 0.143. The Bertz CT molecular complexity index is 2140. The molecule has 22 heteroatoms. The fourth-order valence-corrected chi connectivity index (χ4v) is 7.21. The Balaban J connectivity index is 0.00000600. The molecule has 0 unspecified atom stereocenters. The summed E-state index contributed by atoms with van der Waals surface area (Å²) in [7, 11) is -20.1. The molecular formula is C28H24N2Na4O12S4. The molecule has 0 aromatic heterocycles. The van der Waals surface area contributed by atoms with Gasteiger partial charge >= 0.3 is 118 Å². The van der Waals surface area contributed by atoms with E-state index < -0.39 is 60.1 Å². The number of aryl methyl sites for hydroxylation is 2. The summed E-state index contributed by atoms with van der Waals surface area (Å²) in [6.07, 6.45) is 0. The molecule has 0 atom stereocenters. The normalized spacial score (nSPS) is 11.6. The monoisotopic (exact) mass is 800 g/mol. The molecule has 0 aliphatic carbocycles. The SMILES string of the molecule is Cc1cc(-c2ccc(NCc3ccc(S(=O)(=O)[O-])cc3S(=O)(=O)[O-])c(C)c2)ccc1NCc1ccc(S(=O)(=O)[O-])cc1S(=O)(=O)[O-].[Na+].[Na+].[Na+].[Na+]. The van der Waals surface area contributed by atoms with Crippen molar-refractivity contribution in [2.45, 2.75) is 46.5 Å². The summed E-state index contributed by atoms with van der Waals surface area (Å²) in [5.74, 6) is 0. The minimum absolute atomic E-state index is 0. The van der Waals surface area contributed by atoms with Gasteiger partial charge in [-0.3, -0.25) is 0 Å². The molecule has 14 nitrogen and oxygen atoms in total. The summed E-state index contributed by atoms with van der Waals surface area (Å²) in [6.45, 7) is 3.22. The number of anilines is 2. The van der Waals surface area contributed by atoms with Crippen LogP contribution in [0.15, 0.2) is 92.4 Å². The van der Waals surface area contributed by atoms with Gasteiger partial charge in [-0.05, 0) is 95.8 Å². The number of hydrogen-bond acceptors (Lipinski definition) is 14. The Morgan fingerprint density at radius 3 is 1.04 bits per heavy atom. The second-order valence-electron chi connectivity index (χ2n) is 10.1. The Hall–Kier alpha value is 0.120. The van der Waals surface area contributed by atoms with E-state index >= 15 is 0 Å². The van der Waals surface area contributed by atoms with Crippen molar-refractivity contribution in [2.75, 3.05) is 10.6 Å². The van der Waals surface area contributed by atoms with Crippen LogP contribution in [0.25, 0.3) is 11.1 Å². The van der Waals surface area contributed by atoms with Gasteiger partial charge in [-0.2, -0.15) is 0 Å². The van der Waals surface area contributed by atoms with Crippen LogP contribution in [0.1, 0.15) is 22.3 Å². The fourth-order valence-electron chi connectivity index (χ4n) is 4.60. The third kappa shape index (κ3) is 13.2. The zero-order valence-corrected chi connectivity index (χ0v) is 39.1. The van der Waals surface area contributed by atoms with E-state index in [0.29, 0.717) is 23.5 Å². The van der Waals surface area contributed by atoms with Gasteiger partial charge in [0.15, 0.2) is 0 Å². The van der Waals surface area contributed by atoms with Gasteiger partial charge in [0.2, 0.25) is 0 Å². The molecule has 0 amide bonds. The van der Waals surface area contributed by atoms with Crippen molar-refractivity contribution in [1.82, 2.24) is 0 Å². The smallest absolute Gasteiger partial charge is 0.744 e. The molecule has 0 spiro atoms. The average molecular weight is 801 g/mol. The second-order valence-corrected chi connectivity index (χ2v) is 15.6. The zero-order valence-electron chi connectivity index (χ0n) is 27.9. The van der Waals surface area contributed by atoms with E-state index in [4.69, 9.17) is 0 Å². The minimum atomic E-state index is -5.09. The summed E-state index contributed by atoms with van der Waals surface area (Å²) in [4.78, 5) is -3.33. The van der Waals surface area contributed by atoms with E-state index in [1.165, 1.54) is 0 Å². The van der Waals surface area contributed by atoms with Crippen LogP contribution in [0.2, 0.25) is 0 Å². The average Bonchev–Trinajstić information content (AvgIpc) is 2.93. The van der Waals surface area contributed by atoms with Crippen LogP contribution in [-0.4, -0.2) is 51.9 Å². The van der Waals surface area contributed by atoms with Crippen molar-refractivity contribution < 1.29 is 170 Å². The third-order valence-corrected chi connectivity index (χ3v) is 10.4. The third-order valence-electron chi connectivity index (χ3n) is 6.92. The van der Waals surface area contributed by atoms with Crippen LogP contribution in [0, 0.1) is 13.8 Å². The Labute approximate surface area is 379 Å². The van der Waals surface area contributed by atoms with E-state index in [-0.39, 0.29) is 142 Å². The summed E-state index contributed by atoms with van der Waals surface area (Å²) >= 11 is 0. The Morgan fingerprint density at radius 1 is 0.460 bits per heavy atom. The summed E-state index contributed by atoms with van der Waals surface area (Å²) < 4.78 is 138. The molecule has 246 valence electrons. The van der Waals surface area contributed by atoms with Gasteiger partial charge in [-0.25, -0.2) is 33.7 Å². The predicted molar refractivity (Wildman–Crippen MR) is 161 cm³/mol. The van der Waals surface area contributed by atoms with E-state index in [0.717, 1.165) is 46.5 Å². The molecule has 0 aliphatic heterocycles. The first-order valence-electron chi connectivity index (χ1n) is 12.9. The molecule has 4 rings (SSSR count). The van der Waals surface area contributed by atoms with Crippen molar-refractivity contribution in [3.8, 4) is 11.1 Å². The van der Waals surface area contributed by atoms with Crippen LogP contribution in [0.5, 0.6) is 0 Å². The molecule has 4 aromatic rings. The van der Waals surface area contributed by atoms with Crippen molar-refractivity contribution >= 4 is 51.8 Å². The molecule has 50 heavy (non-hydrogen) atoms. The second kappa shape index (κ2) is 19.6. The molecule has 0 aliphatic rings. The van der Waals surface area contributed by atoms with Gasteiger partial charge in [0.25, 0.3) is 0 Å². The maximum atomic E-state index is 11.7. The Morgan fingerprint density at radius 2 is 0.780 bits per heavy atom. The largest absolute Gasteiger partial charge is 1.00 e. The van der Waals surface area contributed by atoms with Crippen molar-refractivity contribution in [2.24, 2.45) is 0 Å². The number of rotatable bonds is 11. The van der Waals surface area contributed by atoms with Crippen molar-refractivity contribution in [3.63, 3.8) is 0 Å². The summed E-state index contributed by atoms with van der Waals surface area (Å²) in [5.41, 5.74) is 4.14. The maximum Gasteiger partial charge on any atom is 1.00 e. The standard InChI is InChI=1S/C28H28N2O12S4.4Na/c1-17-11-19(5-9-25(17)29-15-21-3-7-23(43(31,32)33)13-27(21)45(37,38)39)20-6-10-26(18(2)12-20)30-16-22-4-8-24(44(34,35)36)14-28(22)46(40,41)42;;;;/h3-14,29-30H,15-16H2,1-2H3,(H,31,32,33)(H,34,35,36)(H,37,38,39)(H,40,41,42);;;;/q;4*+1/p-4. The molecule has 0 heterocycles. The molecule has 4 aromatic carbocycles. The van der Waals surface area contributed by atoms with Crippen LogP contribution < -0.4 is 129 Å². The maximum absolute atomic E-state index is 11.7. The predicted octanol–water partition coefficient (Wildman–Crippen LogP) is -9.17. The van der Waals surface area contributed by atoms with Gasteiger partial charge in [-0.15, -0.1) is 0 Å². The minimum Gasteiger partial charge on any atom is -0.744 e. The quantitative estimate of drug-likeness (QED) is 0.106. The zero-order chi connectivity index (χ0) is 34.2. The van der Waals surface area contributed by atoms with Gasteiger partial charge < -0.3 is 28.8 Å². The van der Waals surface area contributed by atoms with Crippen molar-refractivity contribution in [1.29, 1.82) is 0 Å². The molecule has 0 saturated carbocycles. The number of benzene rings is 4. The summed E-state index contributed by atoms with van der Waals surface area (Å²) in [6, 6.07) is 15.7. The van der Waals surface area contributed by atoms with Gasteiger partial charge in [0, 0.05) is 24.5 Å². The molecule has 2 N–H and O–H groups in total. The molecule has 0 saturated heterocycles. The van der Waals surface area contributed by atoms with E-state index in [2.05, 4.69) is 10.6 Å². The van der Waals surface area contributed by atoms with E-state index in [1.54, 1.807) is 38.1 Å². The van der Waals surface area contributed by atoms with Gasteiger partial charge in [-0.1, -0.05) is 24.3 Å². The molecule has 0 fully saturated rings. The molecule has 0 radical (unpaired) electrons. The first kappa shape index (κ1) is 50.1. The first-order valence-corrected chi connectivity index (χ1v) is 18.6. The van der Waals surface area contributed by atoms with Crippen LogP contribution in [0.4, 0.5) is 11.4 Å². The summed E-state index contributed by atoms with van der Waals surface area (Å²) in [5, 5.41) is 6.00. The van der Waals surface area contributed by atoms with Crippen molar-refractivity contribution in [3.05, 3.63) is 95.1 Å². The molecule has 0 bridgehead atoms. The number of hydrogen-bond donors (Lipinski definition) is 2. The Kier molecular flexibility index (Phi) is 19.7. The first-order chi connectivity index (χ1) is 21.1. The van der Waals surface area contributed by atoms with E-state index in [1.807, 2.05) is 12.1 Å². The van der Waals surface area contributed by atoms with Crippen LogP contribution in [-0.2, 0) is 53.6 Å². The molecular weight excluding hydrogens is 777 g/mol. The van der Waals surface area contributed by atoms with Crippen LogP contribution in [0.3, 0.4) is 0 Å². The van der Waals surface area contributed by atoms with Crippen LogP contribution >= 0.6 is 0 Å². The van der Waals surface area contributed by atoms with E-state index in [9.17, 15) is 51.9 Å². The van der Waals surface area contributed by atoms with Gasteiger partial charge in [0.05, 0.1) is 19.6 Å². The topological polar surface area (TPSA) is 253 Å². The number of nitrogens with one attached hydrogen (secondary N) is 2.